The number of nitrogens with one attached hydrogen (secondary N) is 2. The number of carbonyl (C=O) groups is 2. The highest BCUT2D eigenvalue weighted by molar-refractivity contribution is 5.96. The number of rotatable bonds is 5. The molecule has 7 heteroatoms. The Morgan fingerprint density at radius 2 is 2.08 bits per heavy atom. The van der Waals surface area contributed by atoms with Crippen molar-refractivity contribution in [1.29, 1.82) is 0 Å². The van der Waals surface area contributed by atoms with E-state index in [9.17, 15) is 14.0 Å². The van der Waals surface area contributed by atoms with Crippen molar-refractivity contribution in [2.24, 2.45) is 0 Å². The Morgan fingerprint density at radius 1 is 1.32 bits per heavy atom. The van der Waals surface area contributed by atoms with Crippen LogP contribution in [0.4, 0.5) is 14.9 Å². The zero-order chi connectivity index (χ0) is 17.8. The van der Waals surface area contributed by atoms with Gasteiger partial charge in [0.25, 0.3) is 0 Å². The first kappa shape index (κ1) is 17.7. The molecule has 2 aliphatic heterocycles. The largest absolute Gasteiger partial charge is 0.337 e. The molecular weight excluding hydrogens is 323 g/mol. The third kappa shape index (κ3) is 4.28. The van der Waals surface area contributed by atoms with Crippen molar-refractivity contribution in [2.45, 2.75) is 38.3 Å². The van der Waals surface area contributed by atoms with E-state index in [0.717, 1.165) is 19.5 Å². The number of amides is 3. The second kappa shape index (κ2) is 7.82. The summed E-state index contributed by atoms with van der Waals surface area (Å²) in [5.41, 5.74) is 0.653. The molecule has 3 amide bonds. The minimum absolute atomic E-state index is 0.0649. The highest BCUT2D eigenvalue weighted by atomic mass is 19.1. The van der Waals surface area contributed by atoms with Crippen LogP contribution in [0.5, 0.6) is 0 Å². The topological polar surface area (TPSA) is 64.7 Å². The number of halogens is 1. The van der Waals surface area contributed by atoms with Gasteiger partial charge in [0, 0.05) is 31.2 Å². The first-order valence-corrected chi connectivity index (χ1v) is 8.91. The molecule has 0 saturated carbocycles. The summed E-state index contributed by atoms with van der Waals surface area (Å²) in [6.07, 6.45) is 2.54. The predicted molar refractivity (Wildman–Crippen MR) is 94.0 cm³/mol. The van der Waals surface area contributed by atoms with Gasteiger partial charge in [-0.3, -0.25) is 9.69 Å². The lowest BCUT2D eigenvalue weighted by Gasteiger charge is -2.23. The van der Waals surface area contributed by atoms with Crippen molar-refractivity contribution in [2.75, 3.05) is 31.1 Å². The molecule has 2 fully saturated rings. The zero-order valence-corrected chi connectivity index (χ0v) is 14.5. The molecule has 6 nitrogen and oxygen atoms in total. The van der Waals surface area contributed by atoms with Gasteiger partial charge in [0.1, 0.15) is 5.82 Å². The zero-order valence-electron chi connectivity index (χ0n) is 14.5. The first-order chi connectivity index (χ1) is 12.1. The summed E-state index contributed by atoms with van der Waals surface area (Å²) < 4.78 is 13.0. The predicted octanol–water partition coefficient (Wildman–Crippen LogP) is 1.71. The van der Waals surface area contributed by atoms with E-state index in [-0.39, 0.29) is 30.2 Å². The second-order valence-corrected chi connectivity index (χ2v) is 6.66. The van der Waals surface area contributed by atoms with E-state index in [0.29, 0.717) is 24.8 Å². The summed E-state index contributed by atoms with van der Waals surface area (Å²) in [5.74, 6) is -0.401. The first-order valence-electron chi connectivity index (χ1n) is 8.91. The number of benzene rings is 1. The molecule has 2 aliphatic rings. The third-order valence-corrected chi connectivity index (χ3v) is 5.00. The van der Waals surface area contributed by atoms with E-state index >= 15 is 0 Å². The van der Waals surface area contributed by atoms with Gasteiger partial charge in [-0.15, -0.1) is 0 Å². The number of likely N-dealkylation sites (N-methyl/N-ethyl adjacent to an activating group) is 1. The number of urea groups is 1. The van der Waals surface area contributed by atoms with E-state index in [2.05, 4.69) is 22.5 Å². The maximum Gasteiger partial charge on any atom is 0.315 e. The van der Waals surface area contributed by atoms with Gasteiger partial charge in [-0.1, -0.05) is 6.92 Å². The average molecular weight is 348 g/mol. The lowest BCUT2D eigenvalue weighted by molar-refractivity contribution is -0.117. The number of hydrogen-bond donors (Lipinski definition) is 2. The van der Waals surface area contributed by atoms with Crippen LogP contribution in [0.1, 0.15) is 26.2 Å². The van der Waals surface area contributed by atoms with Crippen molar-refractivity contribution in [3.05, 3.63) is 30.1 Å². The van der Waals surface area contributed by atoms with Gasteiger partial charge in [-0.25, -0.2) is 9.18 Å². The standard InChI is InChI=1S/C18H25FN4O2/c1-2-22-9-3-4-16(22)11-20-18(25)21-14-10-17(24)23(12-14)15-7-5-13(19)6-8-15/h5-8,14,16H,2-4,9-12H2,1H3,(H2,20,21,25). The Morgan fingerprint density at radius 3 is 2.80 bits per heavy atom. The molecule has 136 valence electrons. The summed E-state index contributed by atoms with van der Waals surface area (Å²) in [6.45, 7) is 5.25. The molecule has 0 radical (unpaired) electrons. The highest BCUT2D eigenvalue weighted by Gasteiger charge is 2.32. The van der Waals surface area contributed by atoms with Crippen LogP contribution in [0.2, 0.25) is 0 Å². The SMILES string of the molecule is CCN1CCCC1CNC(=O)NC1CC(=O)N(c2ccc(F)cc2)C1. The second-order valence-electron chi connectivity index (χ2n) is 6.66. The quantitative estimate of drug-likeness (QED) is 0.852. The molecule has 2 heterocycles. The van der Waals surface area contributed by atoms with Crippen LogP contribution in [-0.4, -0.2) is 55.1 Å². The van der Waals surface area contributed by atoms with Crippen LogP contribution in [0.15, 0.2) is 24.3 Å². The van der Waals surface area contributed by atoms with Crippen LogP contribution in [0, 0.1) is 5.82 Å². The fourth-order valence-corrected chi connectivity index (χ4v) is 3.66. The highest BCUT2D eigenvalue weighted by Crippen LogP contribution is 2.22. The van der Waals surface area contributed by atoms with E-state index in [1.807, 2.05) is 0 Å². The van der Waals surface area contributed by atoms with Gasteiger partial charge < -0.3 is 15.5 Å². The lowest BCUT2D eigenvalue weighted by Crippen LogP contribution is -2.47. The van der Waals surface area contributed by atoms with Crippen LogP contribution in [0.25, 0.3) is 0 Å². The summed E-state index contributed by atoms with van der Waals surface area (Å²) in [5, 5.41) is 5.79. The Kier molecular flexibility index (Phi) is 5.53. The maximum atomic E-state index is 13.0. The molecule has 1 aromatic rings. The normalized spacial score (nSPS) is 23.9. The van der Waals surface area contributed by atoms with Crippen LogP contribution in [-0.2, 0) is 4.79 Å². The molecule has 2 unspecified atom stereocenters. The van der Waals surface area contributed by atoms with Gasteiger partial charge in [-0.2, -0.15) is 0 Å². The van der Waals surface area contributed by atoms with Gasteiger partial charge in [0.05, 0.1) is 6.04 Å². The Bertz CT molecular complexity index is 622. The monoisotopic (exact) mass is 348 g/mol. The molecule has 0 aliphatic carbocycles. The maximum absolute atomic E-state index is 13.0. The fraction of sp³-hybridized carbons (Fsp3) is 0.556. The molecule has 3 rings (SSSR count). The minimum atomic E-state index is -0.336. The van der Waals surface area contributed by atoms with Gasteiger partial charge >= 0.3 is 6.03 Å². The molecule has 2 atom stereocenters. The van der Waals surface area contributed by atoms with Gasteiger partial charge in [0.15, 0.2) is 0 Å². The molecule has 0 bridgehead atoms. The lowest BCUT2D eigenvalue weighted by atomic mass is 10.2. The van der Waals surface area contributed by atoms with Crippen molar-refractivity contribution in [3.8, 4) is 0 Å². The van der Waals surface area contributed by atoms with Crippen molar-refractivity contribution in [1.82, 2.24) is 15.5 Å². The number of nitrogens with zero attached hydrogens (tertiary/aromatic N) is 2. The Labute approximate surface area is 147 Å². The summed E-state index contributed by atoms with van der Waals surface area (Å²) in [4.78, 5) is 28.2. The van der Waals surface area contributed by atoms with E-state index in [1.165, 1.54) is 18.6 Å². The van der Waals surface area contributed by atoms with Crippen molar-refractivity contribution in [3.63, 3.8) is 0 Å². The van der Waals surface area contributed by atoms with Crippen molar-refractivity contribution < 1.29 is 14.0 Å². The molecule has 1 aromatic carbocycles. The summed E-state index contributed by atoms with van der Waals surface area (Å²) in [7, 11) is 0. The van der Waals surface area contributed by atoms with Crippen molar-refractivity contribution >= 4 is 17.6 Å². The number of anilines is 1. The molecule has 0 aromatic heterocycles. The van der Waals surface area contributed by atoms with E-state index in [1.54, 1.807) is 17.0 Å². The Hall–Kier alpha value is -2.15. The van der Waals surface area contributed by atoms with Crippen LogP contribution >= 0.6 is 0 Å². The van der Waals surface area contributed by atoms with Crippen LogP contribution in [0.3, 0.4) is 0 Å². The fourth-order valence-electron chi connectivity index (χ4n) is 3.66. The summed E-state index contributed by atoms with van der Waals surface area (Å²) in [6, 6.07) is 5.75. The molecule has 2 N–H and O–H groups in total. The molecule has 2 saturated heterocycles. The minimum Gasteiger partial charge on any atom is -0.337 e. The molecular formula is C18H25FN4O2. The number of carbonyl (C=O) groups excluding carboxylic acids is 2. The number of likely N-dealkylation sites (tertiary alicyclic amines) is 1. The summed E-state index contributed by atoms with van der Waals surface area (Å²) >= 11 is 0. The average Bonchev–Trinajstić information content (AvgIpc) is 3.19. The van der Waals surface area contributed by atoms with E-state index in [4.69, 9.17) is 0 Å². The van der Waals surface area contributed by atoms with Gasteiger partial charge in [-0.05, 0) is 50.2 Å². The molecule has 0 spiro atoms. The third-order valence-electron chi connectivity index (χ3n) is 5.00. The van der Waals surface area contributed by atoms with Crippen LogP contribution < -0.4 is 15.5 Å². The smallest absolute Gasteiger partial charge is 0.315 e. The number of hydrogen-bond acceptors (Lipinski definition) is 3. The van der Waals surface area contributed by atoms with Gasteiger partial charge in [0.2, 0.25) is 5.91 Å². The Balaban J connectivity index is 1.47. The van der Waals surface area contributed by atoms with E-state index < -0.39 is 0 Å². The molecule has 25 heavy (non-hydrogen) atoms.